The summed E-state index contributed by atoms with van der Waals surface area (Å²) in [6.07, 6.45) is 8.78. The quantitative estimate of drug-likeness (QED) is 0.613. The SMILES string of the molecule is Cc1cc(F)cc(-c2cncc(C=Cc3cccc(C#N)c3)c2N2CC[C@H]3NCCO[C@@H]3C2)c1. The molecule has 34 heavy (non-hydrogen) atoms. The van der Waals surface area contributed by atoms with Crippen molar-refractivity contribution in [1.29, 1.82) is 5.26 Å². The fourth-order valence-electron chi connectivity index (χ4n) is 4.92. The molecule has 0 amide bonds. The van der Waals surface area contributed by atoms with E-state index in [0.717, 1.165) is 59.6 Å². The second kappa shape index (κ2) is 9.76. The summed E-state index contributed by atoms with van der Waals surface area (Å²) in [6.45, 7) is 5.13. The number of morpholine rings is 1. The van der Waals surface area contributed by atoms with E-state index in [2.05, 4.69) is 21.3 Å². The molecule has 2 aromatic carbocycles. The number of nitrogens with one attached hydrogen (secondary N) is 1. The number of nitriles is 1. The van der Waals surface area contributed by atoms with Crippen LogP contribution in [0.1, 0.15) is 28.7 Å². The molecule has 2 aliphatic rings. The average Bonchev–Trinajstić information content (AvgIpc) is 2.86. The lowest BCUT2D eigenvalue weighted by Crippen LogP contribution is -2.58. The number of halogens is 1. The van der Waals surface area contributed by atoms with Gasteiger partial charge in [0.25, 0.3) is 0 Å². The number of hydrogen-bond donors (Lipinski definition) is 1. The highest BCUT2D eigenvalue weighted by Crippen LogP contribution is 2.37. The number of nitrogens with zero attached hydrogens (tertiary/aromatic N) is 3. The third-order valence-corrected chi connectivity index (χ3v) is 6.49. The zero-order valence-electron chi connectivity index (χ0n) is 19.2. The number of aromatic nitrogens is 1. The third-order valence-electron chi connectivity index (χ3n) is 6.49. The molecule has 0 unspecified atom stereocenters. The zero-order chi connectivity index (χ0) is 23.5. The minimum Gasteiger partial charge on any atom is -0.373 e. The maximum absolute atomic E-state index is 14.3. The second-order valence-electron chi connectivity index (χ2n) is 8.92. The van der Waals surface area contributed by atoms with Crippen molar-refractivity contribution in [3.8, 4) is 17.2 Å². The first-order chi connectivity index (χ1) is 16.6. The molecule has 6 heteroatoms. The summed E-state index contributed by atoms with van der Waals surface area (Å²) >= 11 is 0. The number of fused-ring (bicyclic) bond motifs is 1. The molecule has 2 saturated heterocycles. The average molecular weight is 455 g/mol. The van der Waals surface area contributed by atoms with Gasteiger partial charge < -0.3 is 15.0 Å². The predicted octanol–water partition coefficient (Wildman–Crippen LogP) is 4.81. The topological polar surface area (TPSA) is 61.2 Å². The minimum atomic E-state index is -0.256. The van der Waals surface area contributed by atoms with Crippen LogP contribution in [0.3, 0.4) is 0 Å². The number of anilines is 1. The van der Waals surface area contributed by atoms with E-state index in [1.165, 1.54) is 6.07 Å². The van der Waals surface area contributed by atoms with E-state index in [0.29, 0.717) is 18.2 Å². The number of benzene rings is 2. The first-order valence-electron chi connectivity index (χ1n) is 11.6. The van der Waals surface area contributed by atoms with Gasteiger partial charge in [0.2, 0.25) is 0 Å². The molecule has 2 aliphatic heterocycles. The number of pyridine rings is 1. The Kier molecular flexibility index (Phi) is 6.39. The van der Waals surface area contributed by atoms with Crippen molar-refractivity contribution in [2.45, 2.75) is 25.5 Å². The number of hydrogen-bond acceptors (Lipinski definition) is 5. The van der Waals surface area contributed by atoms with Gasteiger partial charge in [-0.2, -0.15) is 5.26 Å². The Labute approximate surface area is 199 Å². The lowest BCUT2D eigenvalue weighted by Gasteiger charge is -2.43. The van der Waals surface area contributed by atoms with Crippen LogP contribution in [0.25, 0.3) is 23.3 Å². The van der Waals surface area contributed by atoms with Crippen LogP contribution >= 0.6 is 0 Å². The van der Waals surface area contributed by atoms with Crippen molar-refractivity contribution < 1.29 is 9.13 Å². The van der Waals surface area contributed by atoms with E-state index in [1.807, 2.05) is 55.7 Å². The first-order valence-corrected chi connectivity index (χ1v) is 11.6. The van der Waals surface area contributed by atoms with Crippen LogP contribution in [0, 0.1) is 24.1 Å². The minimum absolute atomic E-state index is 0.113. The van der Waals surface area contributed by atoms with Crippen LogP contribution < -0.4 is 10.2 Å². The normalized spacial score (nSPS) is 20.2. The molecule has 0 spiro atoms. The molecule has 0 bridgehead atoms. The van der Waals surface area contributed by atoms with Gasteiger partial charge in [0.05, 0.1) is 30.0 Å². The van der Waals surface area contributed by atoms with Crippen LogP contribution in [-0.2, 0) is 4.74 Å². The Balaban J connectivity index is 1.58. The van der Waals surface area contributed by atoms with Crippen LogP contribution in [0.4, 0.5) is 10.1 Å². The van der Waals surface area contributed by atoms with Crippen LogP contribution in [0.2, 0.25) is 0 Å². The fourth-order valence-corrected chi connectivity index (χ4v) is 4.92. The van der Waals surface area contributed by atoms with E-state index in [9.17, 15) is 9.65 Å². The highest BCUT2D eigenvalue weighted by Gasteiger charge is 2.33. The van der Waals surface area contributed by atoms with Crippen molar-refractivity contribution in [3.05, 3.63) is 82.9 Å². The summed E-state index contributed by atoms with van der Waals surface area (Å²) in [5.74, 6) is -0.256. The van der Waals surface area contributed by atoms with Crippen molar-refractivity contribution in [3.63, 3.8) is 0 Å². The van der Waals surface area contributed by atoms with Crippen LogP contribution in [0.5, 0.6) is 0 Å². The summed E-state index contributed by atoms with van der Waals surface area (Å²) in [5, 5.41) is 12.8. The van der Waals surface area contributed by atoms with E-state index in [-0.39, 0.29) is 11.9 Å². The molecule has 1 N–H and O–H groups in total. The Morgan fingerprint density at radius 2 is 2.12 bits per heavy atom. The fraction of sp³-hybridized carbons (Fsp3) is 0.286. The number of aryl methyl sites for hydroxylation is 1. The van der Waals surface area contributed by atoms with Gasteiger partial charge in [-0.25, -0.2) is 4.39 Å². The standard InChI is InChI=1S/C28H27FN4O/c1-19-11-23(14-24(29)12-19)25-17-31-16-22(6-5-20-3-2-4-21(13-20)15-30)28(25)33-9-7-26-27(18-33)34-10-8-32-26/h2-6,11-14,16-17,26-27,32H,7-10,18H2,1H3/t26-,27-/m1/s1. The molecule has 2 fully saturated rings. The molecule has 2 atom stereocenters. The summed E-state index contributed by atoms with van der Waals surface area (Å²) in [5.41, 5.74) is 6.12. The zero-order valence-corrected chi connectivity index (χ0v) is 19.2. The van der Waals surface area contributed by atoms with Crippen LogP contribution in [-0.4, -0.2) is 43.4 Å². The van der Waals surface area contributed by atoms with Gasteiger partial charge in [0, 0.05) is 49.2 Å². The van der Waals surface area contributed by atoms with Crippen LogP contribution in [0.15, 0.2) is 54.9 Å². The highest BCUT2D eigenvalue weighted by molar-refractivity contribution is 5.87. The van der Waals surface area contributed by atoms with E-state index in [4.69, 9.17) is 4.74 Å². The summed E-state index contributed by atoms with van der Waals surface area (Å²) in [7, 11) is 0. The van der Waals surface area contributed by atoms with Gasteiger partial charge in [0.15, 0.2) is 0 Å². The summed E-state index contributed by atoms with van der Waals surface area (Å²) < 4.78 is 20.4. The van der Waals surface area contributed by atoms with Crippen molar-refractivity contribution >= 4 is 17.8 Å². The van der Waals surface area contributed by atoms with Crippen molar-refractivity contribution in [2.24, 2.45) is 0 Å². The van der Waals surface area contributed by atoms with E-state index < -0.39 is 0 Å². The number of rotatable bonds is 4. The van der Waals surface area contributed by atoms with Gasteiger partial charge in [-0.15, -0.1) is 0 Å². The van der Waals surface area contributed by atoms with Gasteiger partial charge in [-0.1, -0.05) is 30.4 Å². The molecular weight excluding hydrogens is 427 g/mol. The van der Waals surface area contributed by atoms with Crippen molar-refractivity contribution in [2.75, 3.05) is 31.1 Å². The molecule has 3 aromatic rings. The first kappa shape index (κ1) is 22.3. The van der Waals surface area contributed by atoms with E-state index in [1.54, 1.807) is 12.1 Å². The molecule has 0 radical (unpaired) electrons. The Hall–Kier alpha value is -3.53. The Morgan fingerprint density at radius 3 is 2.97 bits per heavy atom. The molecule has 0 aliphatic carbocycles. The summed E-state index contributed by atoms with van der Waals surface area (Å²) in [6, 6.07) is 15.2. The molecule has 0 saturated carbocycles. The van der Waals surface area contributed by atoms with Gasteiger partial charge in [0.1, 0.15) is 5.82 Å². The predicted molar refractivity (Wildman–Crippen MR) is 133 cm³/mol. The lowest BCUT2D eigenvalue weighted by molar-refractivity contribution is -0.00901. The Bertz CT molecular complexity index is 1250. The smallest absolute Gasteiger partial charge is 0.124 e. The monoisotopic (exact) mass is 454 g/mol. The molecule has 5 nitrogen and oxygen atoms in total. The number of piperidine rings is 1. The maximum atomic E-state index is 14.3. The molecule has 1 aromatic heterocycles. The third kappa shape index (κ3) is 4.72. The highest BCUT2D eigenvalue weighted by atomic mass is 19.1. The van der Waals surface area contributed by atoms with Gasteiger partial charge in [-0.3, -0.25) is 4.98 Å². The molecule has 5 rings (SSSR count). The molecule has 3 heterocycles. The largest absolute Gasteiger partial charge is 0.373 e. The molecule has 172 valence electrons. The van der Waals surface area contributed by atoms with Gasteiger partial charge in [-0.05, 0) is 54.3 Å². The second-order valence-corrected chi connectivity index (χ2v) is 8.92. The van der Waals surface area contributed by atoms with E-state index >= 15 is 0 Å². The summed E-state index contributed by atoms with van der Waals surface area (Å²) in [4.78, 5) is 6.85. The number of ether oxygens (including phenoxy) is 1. The molecular formula is C28H27FN4O. The lowest BCUT2D eigenvalue weighted by atomic mass is 9.95. The van der Waals surface area contributed by atoms with Crippen molar-refractivity contribution in [1.82, 2.24) is 10.3 Å². The van der Waals surface area contributed by atoms with Gasteiger partial charge >= 0.3 is 0 Å². The Morgan fingerprint density at radius 1 is 1.21 bits per heavy atom. The maximum Gasteiger partial charge on any atom is 0.124 e.